The Morgan fingerprint density at radius 3 is 2.34 bits per heavy atom. The lowest BCUT2D eigenvalue weighted by Crippen LogP contribution is -2.65. The normalized spacial score (nSPS) is 26.3. The first-order valence-corrected chi connectivity index (χ1v) is 13.3. The first-order valence-electron chi connectivity index (χ1n) is 13.3. The number of aliphatic hydroxyl groups is 3. The van der Waals surface area contributed by atoms with Crippen LogP contribution in [0.15, 0.2) is 28.0 Å². The minimum atomic E-state index is -2.70. The number of primary amides is 1. The van der Waals surface area contributed by atoms with Gasteiger partial charge in [-0.2, -0.15) is 0 Å². The quantitative estimate of drug-likeness (QED) is 0.108. The summed E-state index contributed by atoms with van der Waals surface area (Å²) in [5.74, 6) is -6.78. The van der Waals surface area contributed by atoms with Gasteiger partial charge in [0, 0.05) is 37.8 Å². The highest BCUT2D eigenvalue weighted by molar-refractivity contribution is 6.24. The predicted octanol–water partition coefficient (Wildman–Crippen LogP) is 0.413. The predicted molar refractivity (Wildman–Crippen MR) is 154 cm³/mol. The van der Waals surface area contributed by atoms with E-state index in [4.69, 9.17) is 11.5 Å². The molecule has 41 heavy (non-hydrogen) atoms. The molecule has 4 rings (SSSR count). The van der Waals surface area contributed by atoms with Crippen LogP contribution in [0.1, 0.15) is 31.4 Å². The monoisotopic (exact) mass is 570 g/mol. The highest BCUT2D eigenvalue weighted by Crippen LogP contribution is 2.54. The molecule has 0 unspecified atom stereocenters. The summed E-state index contributed by atoms with van der Waals surface area (Å²) in [6.45, 7) is 4.39. The number of aliphatic hydroxyl groups excluding tert-OH is 2. The Balaban J connectivity index is 1.93. The van der Waals surface area contributed by atoms with Gasteiger partial charge in [0.1, 0.15) is 22.8 Å². The number of carbonyl (C=O) groups excluding carboxylic acids is 3. The molecule has 0 aromatic heterocycles. The molecule has 9 N–H and O–H groups in total. The third kappa shape index (κ3) is 4.58. The number of fused-ring (bicyclic) bond motifs is 3. The number of anilines is 2. The van der Waals surface area contributed by atoms with E-state index in [1.54, 1.807) is 39.2 Å². The topological polar surface area (TPSA) is 215 Å². The smallest absolute Gasteiger partial charge is 0.255 e. The molecule has 3 aliphatic rings. The third-order valence-corrected chi connectivity index (χ3v) is 8.07. The maximum absolute atomic E-state index is 14.0. The molecule has 1 saturated carbocycles. The number of carbonyl (C=O) groups is 3. The number of nitrogens with one attached hydrogen (secondary N) is 1. The number of amides is 1. The molecule has 0 saturated heterocycles. The fourth-order valence-corrected chi connectivity index (χ4v) is 6.24. The average Bonchev–Trinajstić information content (AvgIpc) is 2.85. The van der Waals surface area contributed by atoms with E-state index in [0.717, 1.165) is 0 Å². The fourth-order valence-electron chi connectivity index (χ4n) is 6.24. The summed E-state index contributed by atoms with van der Waals surface area (Å²) in [6, 6.07) is 0.514. The van der Waals surface area contributed by atoms with Crippen molar-refractivity contribution < 1.29 is 34.8 Å². The fraction of sp³-hybridized carbons (Fsp3) is 0.500. The Kier molecular flexibility index (Phi) is 7.56. The molecule has 0 heterocycles. The van der Waals surface area contributed by atoms with Crippen molar-refractivity contribution in [2.24, 2.45) is 34.2 Å². The summed E-state index contributed by atoms with van der Waals surface area (Å²) in [5.41, 5.74) is 8.89. The lowest BCUT2D eigenvalue weighted by molar-refractivity contribution is -0.153. The molecular weight excluding hydrogens is 532 g/mol. The number of guanidine groups is 1. The van der Waals surface area contributed by atoms with Gasteiger partial charge >= 0.3 is 0 Å². The maximum Gasteiger partial charge on any atom is 0.255 e. The van der Waals surface area contributed by atoms with Crippen LogP contribution in [0, 0.1) is 17.8 Å². The highest BCUT2D eigenvalue weighted by atomic mass is 16.3. The van der Waals surface area contributed by atoms with Gasteiger partial charge in [-0.1, -0.05) is 13.8 Å². The lowest BCUT2D eigenvalue weighted by atomic mass is 9.57. The van der Waals surface area contributed by atoms with Crippen molar-refractivity contribution in [1.82, 2.24) is 4.90 Å². The van der Waals surface area contributed by atoms with Gasteiger partial charge in [0.2, 0.25) is 5.78 Å². The van der Waals surface area contributed by atoms with Gasteiger partial charge in [-0.15, -0.1) is 0 Å². The van der Waals surface area contributed by atoms with Crippen LogP contribution in [-0.4, -0.2) is 95.1 Å². The molecule has 1 fully saturated rings. The SMILES string of the molecule is CC(C)CN=C(N)Nc1cc(N(C)C)c2c(c1O)C(O)=C1C(=O)[C@]3(O)C(O)=C(C(N)=O)C(=O)[C@H](N(C)C)[C@@H]3C[C@@H]1C2. The number of phenols is 1. The number of ketones is 2. The number of hydrogen-bond acceptors (Lipinski definition) is 10. The lowest BCUT2D eigenvalue weighted by Gasteiger charge is -2.50. The van der Waals surface area contributed by atoms with Crippen LogP contribution in [0.4, 0.5) is 11.4 Å². The van der Waals surface area contributed by atoms with Crippen LogP contribution in [0.25, 0.3) is 5.76 Å². The average molecular weight is 571 g/mol. The Morgan fingerprint density at radius 1 is 1.17 bits per heavy atom. The Labute approximate surface area is 237 Å². The Hall–Kier alpha value is -4.10. The summed E-state index contributed by atoms with van der Waals surface area (Å²) in [5, 5.41) is 48.5. The third-order valence-electron chi connectivity index (χ3n) is 8.07. The van der Waals surface area contributed by atoms with E-state index in [0.29, 0.717) is 17.8 Å². The van der Waals surface area contributed by atoms with Crippen LogP contribution in [-0.2, 0) is 20.8 Å². The van der Waals surface area contributed by atoms with Crippen LogP contribution in [0.5, 0.6) is 5.75 Å². The van der Waals surface area contributed by atoms with Gasteiger partial charge in [0.05, 0.1) is 17.3 Å². The van der Waals surface area contributed by atoms with Gasteiger partial charge < -0.3 is 42.1 Å². The first-order chi connectivity index (χ1) is 19.0. The number of aliphatic imine (C=N–C) groups is 1. The molecule has 1 amide bonds. The van der Waals surface area contributed by atoms with Crippen LogP contribution >= 0.6 is 0 Å². The summed E-state index contributed by atoms with van der Waals surface area (Å²) < 4.78 is 0. The molecule has 0 aliphatic heterocycles. The van der Waals surface area contributed by atoms with Gasteiger partial charge in [0.15, 0.2) is 17.3 Å². The molecule has 1 aromatic rings. The zero-order valence-electron chi connectivity index (χ0n) is 24.0. The molecule has 3 aliphatic carbocycles. The molecule has 4 atom stereocenters. The number of benzene rings is 1. The molecule has 222 valence electrons. The Morgan fingerprint density at radius 2 is 1.80 bits per heavy atom. The van der Waals surface area contributed by atoms with E-state index in [9.17, 15) is 34.8 Å². The van der Waals surface area contributed by atoms with Gasteiger partial charge in [-0.3, -0.25) is 24.3 Å². The van der Waals surface area contributed by atoms with Gasteiger partial charge in [0.25, 0.3) is 5.91 Å². The minimum absolute atomic E-state index is 0.00814. The number of Topliss-reactive ketones (excluding diaryl/α,β-unsaturated/α-hetero) is 2. The molecule has 13 nitrogen and oxygen atoms in total. The van der Waals surface area contributed by atoms with E-state index >= 15 is 0 Å². The van der Waals surface area contributed by atoms with E-state index < -0.39 is 58.0 Å². The first kappa shape index (κ1) is 29.9. The molecule has 13 heteroatoms. The zero-order chi connectivity index (χ0) is 30.7. The second-order valence-corrected chi connectivity index (χ2v) is 11.7. The van der Waals surface area contributed by atoms with Crippen molar-refractivity contribution >= 4 is 40.6 Å². The summed E-state index contributed by atoms with van der Waals surface area (Å²) in [7, 11) is 6.67. The van der Waals surface area contributed by atoms with Crippen molar-refractivity contribution in [3.63, 3.8) is 0 Å². The van der Waals surface area contributed by atoms with Gasteiger partial charge in [-0.25, -0.2) is 0 Å². The van der Waals surface area contributed by atoms with E-state index in [-0.39, 0.29) is 47.3 Å². The van der Waals surface area contributed by atoms with Gasteiger partial charge in [-0.05, 0) is 50.4 Å². The number of likely N-dealkylation sites (N-methyl/N-ethyl adjacent to an activating group) is 1. The Bertz CT molecular complexity index is 1430. The number of aromatic hydroxyl groups is 1. The highest BCUT2D eigenvalue weighted by Gasteiger charge is 2.64. The van der Waals surface area contributed by atoms with Crippen molar-refractivity contribution in [1.29, 1.82) is 0 Å². The second-order valence-electron chi connectivity index (χ2n) is 11.7. The van der Waals surface area contributed by atoms with Crippen LogP contribution in [0.3, 0.4) is 0 Å². The number of hydrogen-bond donors (Lipinski definition) is 7. The summed E-state index contributed by atoms with van der Waals surface area (Å²) in [4.78, 5) is 46.9. The zero-order valence-corrected chi connectivity index (χ0v) is 24.0. The largest absolute Gasteiger partial charge is 0.508 e. The summed E-state index contributed by atoms with van der Waals surface area (Å²) in [6.07, 6.45) is 0.182. The molecule has 0 bridgehead atoms. The molecule has 1 aromatic carbocycles. The van der Waals surface area contributed by atoms with E-state index in [2.05, 4.69) is 10.3 Å². The summed E-state index contributed by atoms with van der Waals surface area (Å²) >= 11 is 0. The molecule has 0 radical (unpaired) electrons. The van der Waals surface area contributed by atoms with Crippen LogP contribution in [0.2, 0.25) is 0 Å². The second kappa shape index (κ2) is 10.4. The number of rotatable bonds is 6. The standard InChI is InChI=1S/C28H38N6O7/c1-11(2)10-31-27(30)32-15-9-16(33(3)4)13-7-12-8-14-20(34(5)6)23(37)19(26(29)40)25(39)28(14,41)24(38)17(12)22(36)18(13)21(15)35/h9,11-12,14,20,35-36,39,41H,7-8,10H2,1-6H3,(H2,29,40)(H3,30,31,32)/t12-,14-,20+,28-/m0/s1. The molecule has 0 spiro atoms. The van der Waals surface area contributed by atoms with Crippen LogP contribution < -0.4 is 21.7 Å². The van der Waals surface area contributed by atoms with Crippen molar-refractivity contribution in [2.75, 3.05) is 45.0 Å². The number of phenolic OH excluding ortho intramolecular Hbond substituents is 1. The van der Waals surface area contributed by atoms with Crippen molar-refractivity contribution in [3.05, 3.63) is 34.1 Å². The molecular formula is C28H38N6O7. The van der Waals surface area contributed by atoms with Crippen molar-refractivity contribution in [2.45, 2.75) is 38.3 Å². The minimum Gasteiger partial charge on any atom is -0.508 e. The van der Waals surface area contributed by atoms with Crippen molar-refractivity contribution in [3.8, 4) is 5.75 Å². The van der Waals surface area contributed by atoms with E-state index in [1.807, 2.05) is 13.8 Å². The number of nitrogens with zero attached hydrogens (tertiary/aromatic N) is 3. The number of nitrogens with two attached hydrogens (primary N) is 2. The maximum atomic E-state index is 14.0. The van der Waals surface area contributed by atoms with E-state index in [1.165, 1.54) is 4.90 Å².